The van der Waals surface area contributed by atoms with Gasteiger partial charge in [0.15, 0.2) is 0 Å². The van der Waals surface area contributed by atoms with Crippen LogP contribution in [0.15, 0.2) is 12.2 Å². The molecule has 40 valence electrons. The zero-order valence-corrected chi connectivity index (χ0v) is 5.19. The summed E-state index contributed by atoms with van der Waals surface area (Å²) in [6, 6.07) is 0. The summed E-state index contributed by atoms with van der Waals surface area (Å²) >= 11 is 2.89. The summed E-state index contributed by atoms with van der Waals surface area (Å²) in [5, 5.41) is 9.96. The van der Waals surface area contributed by atoms with Crippen LogP contribution < -0.4 is 5.11 Å². The van der Waals surface area contributed by atoms with Crippen molar-refractivity contribution in [1.29, 1.82) is 0 Å². The number of halogens is 1. The molecule has 7 heavy (non-hydrogen) atoms. The van der Waals surface area contributed by atoms with Gasteiger partial charge in [-0.05, 0) is 5.57 Å². The van der Waals surface area contributed by atoms with Crippen molar-refractivity contribution in [3.63, 3.8) is 0 Å². The molecule has 0 aromatic carbocycles. The number of hydrogen-bond acceptors (Lipinski definition) is 2. The average molecular weight is 164 g/mol. The molecule has 0 heterocycles. The van der Waals surface area contributed by atoms with E-state index in [4.69, 9.17) is 0 Å². The highest BCUT2D eigenvalue weighted by Gasteiger charge is 1.86. The zero-order chi connectivity index (χ0) is 5.86. The van der Waals surface area contributed by atoms with Crippen molar-refractivity contribution in [2.24, 2.45) is 0 Å². The molecular weight excluding hydrogens is 160 g/mol. The van der Waals surface area contributed by atoms with Crippen molar-refractivity contribution < 1.29 is 9.90 Å². The minimum absolute atomic E-state index is 0.0694. The minimum Gasteiger partial charge on any atom is -0.545 e. The molecule has 0 aromatic heterocycles. The van der Waals surface area contributed by atoms with E-state index in [1.807, 2.05) is 0 Å². The summed E-state index contributed by atoms with van der Waals surface area (Å²) in [5.74, 6) is -1.20. The van der Waals surface area contributed by atoms with Crippen molar-refractivity contribution >= 4 is 21.9 Å². The number of carbonyl (C=O) groups is 1. The van der Waals surface area contributed by atoms with Gasteiger partial charge in [-0.1, -0.05) is 22.5 Å². The third kappa shape index (κ3) is 2.39. The van der Waals surface area contributed by atoms with Crippen molar-refractivity contribution in [3.05, 3.63) is 12.2 Å². The Balaban J connectivity index is 3.58. The molecular formula is C4H4BrO2-. The average Bonchev–Trinajstić information content (AvgIpc) is 1.65. The Hall–Kier alpha value is -0.310. The van der Waals surface area contributed by atoms with Crippen LogP contribution >= 0.6 is 15.9 Å². The number of hydrogen-bond donors (Lipinski definition) is 0. The smallest absolute Gasteiger partial charge is 0.0677 e. The molecule has 2 nitrogen and oxygen atoms in total. The molecule has 0 saturated heterocycles. The lowest BCUT2D eigenvalue weighted by atomic mass is 10.4. The van der Waals surface area contributed by atoms with E-state index >= 15 is 0 Å². The lowest BCUT2D eigenvalue weighted by Gasteiger charge is -1.97. The van der Waals surface area contributed by atoms with E-state index in [1.165, 1.54) is 0 Å². The maximum atomic E-state index is 9.69. The summed E-state index contributed by atoms with van der Waals surface area (Å²) in [6.07, 6.45) is 0. The highest BCUT2D eigenvalue weighted by atomic mass is 79.9. The van der Waals surface area contributed by atoms with Gasteiger partial charge in [0.1, 0.15) is 0 Å². The van der Waals surface area contributed by atoms with E-state index in [0.717, 1.165) is 0 Å². The van der Waals surface area contributed by atoms with E-state index in [1.54, 1.807) is 0 Å². The van der Waals surface area contributed by atoms with E-state index in [2.05, 4.69) is 22.5 Å². The summed E-state index contributed by atoms with van der Waals surface area (Å²) in [7, 11) is 0. The normalized spacial score (nSPS) is 8.14. The monoisotopic (exact) mass is 163 g/mol. The summed E-state index contributed by atoms with van der Waals surface area (Å²) in [4.78, 5) is 9.69. The summed E-state index contributed by atoms with van der Waals surface area (Å²) in [6.45, 7) is 3.16. The molecule has 0 unspecified atom stereocenters. The fourth-order valence-electron chi connectivity index (χ4n) is 0.0546. The second-order valence-electron chi connectivity index (χ2n) is 1.02. The van der Waals surface area contributed by atoms with Crippen LogP contribution in [0.25, 0.3) is 0 Å². The van der Waals surface area contributed by atoms with Crippen LogP contribution in [0, 0.1) is 0 Å². The van der Waals surface area contributed by atoms with Crippen molar-refractivity contribution in [2.45, 2.75) is 0 Å². The first kappa shape index (κ1) is 6.69. The van der Waals surface area contributed by atoms with Gasteiger partial charge in [0.05, 0.1) is 5.97 Å². The Labute approximate surface area is 50.0 Å². The van der Waals surface area contributed by atoms with Gasteiger partial charge in [-0.2, -0.15) is 0 Å². The van der Waals surface area contributed by atoms with Gasteiger partial charge in [0.2, 0.25) is 0 Å². The topological polar surface area (TPSA) is 40.1 Å². The molecule has 0 radical (unpaired) electrons. The van der Waals surface area contributed by atoms with Crippen molar-refractivity contribution in [2.75, 3.05) is 5.33 Å². The molecule has 0 aliphatic rings. The molecule has 0 aliphatic heterocycles. The molecule has 0 aromatic rings. The quantitative estimate of drug-likeness (QED) is 0.414. The molecule has 0 amide bonds. The van der Waals surface area contributed by atoms with Crippen LogP contribution in [-0.4, -0.2) is 11.3 Å². The number of aliphatic carboxylic acids is 1. The van der Waals surface area contributed by atoms with Crippen LogP contribution in [0.1, 0.15) is 0 Å². The van der Waals surface area contributed by atoms with Gasteiger partial charge in [0, 0.05) is 5.33 Å². The highest BCUT2D eigenvalue weighted by molar-refractivity contribution is 9.09. The standard InChI is InChI=1S/C4H5BrO2/c1-3(2-5)4(6)7/h1-2H2,(H,6,7)/p-1. The van der Waals surface area contributed by atoms with Crippen LogP contribution in [-0.2, 0) is 4.79 Å². The highest BCUT2D eigenvalue weighted by Crippen LogP contribution is 1.91. The van der Waals surface area contributed by atoms with Crippen molar-refractivity contribution in [3.8, 4) is 0 Å². The summed E-state index contributed by atoms with van der Waals surface area (Å²) < 4.78 is 0. The molecule has 0 saturated carbocycles. The predicted molar refractivity (Wildman–Crippen MR) is 27.9 cm³/mol. The number of rotatable bonds is 2. The Bertz CT molecular complexity index is 97.9. The zero-order valence-electron chi connectivity index (χ0n) is 3.61. The van der Waals surface area contributed by atoms with Crippen LogP contribution in [0.2, 0.25) is 0 Å². The SMILES string of the molecule is C=C(CBr)C(=O)[O-]. The minimum atomic E-state index is -1.20. The maximum Gasteiger partial charge on any atom is 0.0677 e. The fourth-order valence-corrected chi connectivity index (χ4v) is 0.283. The first-order chi connectivity index (χ1) is 3.18. The molecule has 0 rings (SSSR count). The number of carbonyl (C=O) groups excluding carboxylic acids is 1. The van der Waals surface area contributed by atoms with Crippen molar-refractivity contribution in [1.82, 2.24) is 0 Å². The number of alkyl halides is 1. The molecule has 0 N–H and O–H groups in total. The lowest BCUT2D eigenvalue weighted by Crippen LogP contribution is -2.24. The number of carboxylic acids is 1. The van der Waals surface area contributed by atoms with Gasteiger partial charge >= 0.3 is 0 Å². The molecule has 3 heteroatoms. The van der Waals surface area contributed by atoms with E-state index in [0.29, 0.717) is 0 Å². The second-order valence-corrected chi connectivity index (χ2v) is 1.59. The second kappa shape index (κ2) is 2.80. The van der Waals surface area contributed by atoms with Gasteiger partial charge < -0.3 is 9.90 Å². The van der Waals surface area contributed by atoms with Crippen LogP contribution in [0.5, 0.6) is 0 Å². The first-order valence-electron chi connectivity index (χ1n) is 1.63. The van der Waals surface area contributed by atoms with Gasteiger partial charge in [-0.25, -0.2) is 0 Å². The Morgan fingerprint density at radius 1 is 1.86 bits per heavy atom. The van der Waals surface area contributed by atoms with Crippen LogP contribution in [0.3, 0.4) is 0 Å². The molecule has 0 bridgehead atoms. The van der Waals surface area contributed by atoms with Gasteiger partial charge in [-0.3, -0.25) is 0 Å². The molecule has 0 fully saturated rings. The lowest BCUT2D eigenvalue weighted by molar-refractivity contribution is -0.299. The molecule has 0 atom stereocenters. The van der Waals surface area contributed by atoms with Crippen LogP contribution in [0.4, 0.5) is 0 Å². The summed E-state index contributed by atoms with van der Waals surface area (Å²) in [5.41, 5.74) is 0.0694. The Kier molecular flexibility index (Phi) is 2.67. The molecule has 0 aliphatic carbocycles. The third-order valence-electron chi connectivity index (χ3n) is 0.450. The number of carboxylic acid groups (broad SMARTS) is 1. The van der Waals surface area contributed by atoms with E-state index in [-0.39, 0.29) is 10.9 Å². The first-order valence-corrected chi connectivity index (χ1v) is 2.75. The fraction of sp³-hybridized carbons (Fsp3) is 0.250. The largest absolute Gasteiger partial charge is 0.545 e. The van der Waals surface area contributed by atoms with Gasteiger partial charge in [0.25, 0.3) is 0 Å². The van der Waals surface area contributed by atoms with E-state index in [9.17, 15) is 9.90 Å². The van der Waals surface area contributed by atoms with E-state index < -0.39 is 5.97 Å². The maximum absolute atomic E-state index is 9.69. The Morgan fingerprint density at radius 3 is 2.29 bits per heavy atom. The molecule has 0 spiro atoms. The third-order valence-corrected chi connectivity index (χ3v) is 1.13. The predicted octanol–water partition coefficient (Wildman–Crippen LogP) is -0.313. The Morgan fingerprint density at radius 2 is 2.29 bits per heavy atom. The van der Waals surface area contributed by atoms with Gasteiger partial charge in [-0.15, -0.1) is 0 Å².